The van der Waals surface area contributed by atoms with Crippen LogP contribution in [0.5, 0.6) is 0 Å². The average molecular weight is 806 g/mol. The lowest BCUT2D eigenvalue weighted by atomic mass is 9.95. The molecule has 0 unspecified atom stereocenters. The summed E-state index contributed by atoms with van der Waals surface area (Å²) in [5, 5.41) is 131. The van der Waals surface area contributed by atoms with Gasteiger partial charge in [0.15, 0.2) is 31.5 Å². The Kier molecular flexibility index (Phi) is 14.9. The van der Waals surface area contributed by atoms with Crippen LogP contribution in [0, 0.1) is 0 Å². The van der Waals surface area contributed by atoms with Crippen LogP contribution in [0.2, 0.25) is 0 Å². The van der Waals surface area contributed by atoms with Crippen molar-refractivity contribution < 1.29 is 109 Å². The zero-order chi connectivity index (χ0) is 40.8. The summed E-state index contributed by atoms with van der Waals surface area (Å²) in [5.74, 6) is -0.680. The minimum absolute atomic E-state index is 0.680. The minimum atomic E-state index is -1.98. The lowest BCUT2D eigenvalue weighted by Crippen LogP contribution is -2.68. The van der Waals surface area contributed by atoms with Crippen LogP contribution >= 0.6 is 0 Å². The molecule has 0 aromatic heterocycles. The third kappa shape index (κ3) is 9.27. The Hall–Kier alpha value is -1.37. The molecule has 0 aromatic rings. The Morgan fingerprint density at radius 2 is 0.891 bits per heavy atom. The molecule has 0 bridgehead atoms. The first-order chi connectivity index (χ1) is 25.8. The third-order valence-electron chi connectivity index (χ3n) is 10.6. The molecular formula is C32H55NO22. The Balaban J connectivity index is 1.37. The van der Waals surface area contributed by atoms with Gasteiger partial charge in [0.05, 0.1) is 31.0 Å². The maximum absolute atomic E-state index is 12.0. The quantitative estimate of drug-likeness (QED) is 0.0975. The lowest BCUT2D eigenvalue weighted by molar-refractivity contribution is -0.399. The normalized spacial score (nSPS) is 53.8. The molecule has 1 amide bonds. The van der Waals surface area contributed by atoms with Crippen molar-refractivity contribution in [1.29, 1.82) is 0 Å². The van der Waals surface area contributed by atoms with E-state index in [-0.39, 0.29) is 0 Å². The van der Waals surface area contributed by atoms with Crippen LogP contribution < -0.4 is 5.32 Å². The second-order valence-electron chi connectivity index (χ2n) is 14.6. The van der Waals surface area contributed by atoms with Crippen LogP contribution in [0.4, 0.5) is 0 Å². The highest BCUT2D eigenvalue weighted by molar-refractivity contribution is 5.73. The number of ether oxygens (including phenoxy) is 9. The monoisotopic (exact) mass is 805 g/mol. The number of hydrogen-bond donors (Lipinski definition) is 13. The van der Waals surface area contributed by atoms with Gasteiger partial charge in [-0.25, -0.2) is 0 Å². The van der Waals surface area contributed by atoms with E-state index in [0.717, 1.165) is 6.92 Å². The number of carbonyl (C=O) groups is 1. The van der Waals surface area contributed by atoms with Crippen LogP contribution in [-0.4, -0.2) is 227 Å². The summed E-state index contributed by atoms with van der Waals surface area (Å²) in [6.45, 7) is 5.82. The van der Waals surface area contributed by atoms with Crippen molar-refractivity contribution in [3.8, 4) is 0 Å². The standard InChI is InChI=1S/C32H55NO22/c1-7-14(36)20(42)25(28(46)47-7)53-32-27(22(44)16(38)9(3)50-32)55-30-23(45)24(17(39)10(4)48-30)52-31-26(21(43)15(37)8(2)49-31)54-29-13(33-11(5)35)19(41)18(40)12(6-34)51-29/h7-10,12-32,34,36-46H,6H2,1-5H3,(H,33,35)/t7-,8-,9-,10-,12+,13+,14-,15-,16-,17-,18+,19+,20+,21+,22+,23+,24+,25+,26+,27+,28+,29-,30-,31-,32-/m0/s1. The Bertz CT molecular complexity index is 1260. The third-order valence-corrected chi connectivity index (χ3v) is 10.6. The summed E-state index contributed by atoms with van der Waals surface area (Å²) in [5.41, 5.74) is 0. The van der Waals surface area contributed by atoms with Gasteiger partial charge in [-0.2, -0.15) is 0 Å². The fraction of sp³-hybridized carbons (Fsp3) is 0.969. The molecule has 0 spiro atoms. The molecule has 5 heterocycles. The molecule has 5 aliphatic heterocycles. The molecule has 320 valence electrons. The lowest BCUT2D eigenvalue weighted by Gasteiger charge is -2.50. The molecule has 0 saturated carbocycles. The Morgan fingerprint density at radius 1 is 0.473 bits per heavy atom. The smallest absolute Gasteiger partial charge is 0.217 e. The Labute approximate surface area is 314 Å². The van der Waals surface area contributed by atoms with E-state index in [1.54, 1.807) is 0 Å². The van der Waals surface area contributed by atoms with Gasteiger partial charge in [0.25, 0.3) is 0 Å². The highest BCUT2D eigenvalue weighted by Crippen LogP contribution is 2.36. The summed E-state index contributed by atoms with van der Waals surface area (Å²) in [6, 6.07) is -1.48. The van der Waals surface area contributed by atoms with Gasteiger partial charge in [-0.3, -0.25) is 4.79 Å². The van der Waals surface area contributed by atoms with Gasteiger partial charge < -0.3 is 109 Å². The summed E-state index contributed by atoms with van der Waals surface area (Å²) in [6.07, 6.45) is -38.7. The molecule has 25 atom stereocenters. The van der Waals surface area contributed by atoms with E-state index in [0.29, 0.717) is 0 Å². The molecule has 0 aromatic carbocycles. The van der Waals surface area contributed by atoms with Crippen molar-refractivity contribution in [1.82, 2.24) is 5.32 Å². The number of nitrogens with one attached hydrogen (secondary N) is 1. The molecule has 55 heavy (non-hydrogen) atoms. The summed E-state index contributed by atoms with van der Waals surface area (Å²) < 4.78 is 51.5. The Morgan fingerprint density at radius 3 is 1.40 bits per heavy atom. The molecule has 23 heteroatoms. The number of amides is 1. The zero-order valence-corrected chi connectivity index (χ0v) is 30.6. The maximum atomic E-state index is 12.0. The summed E-state index contributed by atoms with van der Waals surface area (Å²) >= 11 is 0. The summed E-state index contributed by atoms with van der Waals surface area (Å²) in [7, 11) is 0. The van der Waals surface area contributed by atoms with Gasteiger partial charge in [0.2, 0.25) is 5.91 Å². The topological polar surface area (TPSA) is 355 Å². The molecule has 5 saturated heterocycles. The largest absolute Gasteiger partial charge is 0.394 e. The fourth-order valence-corrected chi connectivity index (χ4v) is 7.16. The molecule has 0 radical (unpaired) electrons. The molecule has 5 aliphatic rings. The first-order valence-corrected chi connectivity index (χ1v) is 18.0. The van der Waals surface area contributed by atoms with E-state index in [1.165, 1.54) is 27.7 Å². The number of aliphatic hydroxyl groups excluding tert-OH is 12. The van der Waals surface area contributed by atoms with Gasteiger partial charge in [-0.05, 0) is 27.7 Å². The van der Waals surface area contributed by atoms with Crippen molar-refractivity contribution in [3.63, 3.8) is 0 Å². The highest BCUT2D eigenvalue weighted by atomic mass is 16.8. The summed E-state index contributed by atoms with van der Waals surface area (Å²) in [4.78, 5) is 12.0. The van der Waals surface area contributed by atoms with Gasteiger partial charge in [-0.1, -0.05) is 0 Å². The van der Waals surface area contributed by atoms with Crippen LogP contribution in [0.25, 0.3) is 0 Å². The van der Waals surface area contributed by atoms with Gasteiger partial charge in [0, 0.05) is 6.92 Å². The van der Waals surface area contributed by atoms with Gasteiger partial charge in [0.1, 0.15) is 97.6 Å². The first kappa shape index (κ1) is 44.7. The number of carbonyl (C=O) groups excluding carboxylic acids is 1. The van der Waals surface area contributed by atoms with Crippen molar-refractivity contribution >= 4 is 5.91 Å². The first-order valence-electron chi connectivity index (χ1n) is 18.0. The molecular weight excluding hydrogens is 750 g/mol. The van der Waals surface area contributed by atoms with Crippen LogP contribution in [-0.2, 0) is 47.4 Å². The fourth-order valence-electron chi connectivity index (χ4n) is 7.16. The second kappa shape index (κ2) is 18.3. The van der Waals surface area contributed by atoms with Crippen LogP contribution in [0.15, 0.2) is 0 Å². The van der Waals surface area contributed by atoms with Crippen molar-refractivity contribution in [2.45, 2.75) is 188 Å². The van der Waals surface area contributed by atoms with E-state index in [2.05, 4.69) is 5.32 Å². The number of aliphatic hydroxyl groups is 12. The van der Waals surface area contributed by atoms with Crippen molar-refractivity contribution in [2.75, 3.05) is 6.61 Å². The van der Waals surface area contributed by atoms with Gasteiger partial charge in [-0.15, -0.1) is 0 Å². The van der Waals surface area contributed by atoms with E-state index in [4.69, 9.17) is 42.6 Å². The van der Waals surface area contributed by atoms with Crippen molar-refractivity contribution in [3.05, 3.63) is 0 Å². The molecule has 5 fully saturated rings. The number of rotatable bonds is 10. The van der Waals surface area contributed by atoms with Crippen LogP contribution in [0.3, 0.4) is 0 Å². The maximum Gasteiger partial charge on any atom is 0.217 e. The molecule has 13 N–H and O–H groups in total. The minimum Gasteiger partial charge on any atom is -0.394 e. The predicted octanol–water partition coefficient (Wildman–Crippen LogP) is -7.67. The zero-order valence-electron chi connectivity index (χ0n) is 30.6. The highest BCUT2D eigenvalue weighted by Gasteiger charge is 2.56. The molecule has 0 aliphatic carbocycles. The van der Waals surface area contributed by atoms with E-state index in [9.17, 15) is 66.1 Å². The van der Waals surface area contributed by atoms with E-state index in [1.807, 2.05) is 0 Å². The number of hydrogen-bond acceptors (Lipinski definition) is 22. The van der Waals surface area contributed by atoms with E-state index < -0.39 is 166 Å². The van der Waals surface area contributed by atoms with E-state index >= 15 is 0 Å². The van der Waals surface area contributed by atoms with Gasteiger partial charge >= 0.3 is 0 Å². The average Bonchev–Trinajstić information content (AvgIpc) is 3.13. The SMILES string of the molecule is CC(=O)N[C@H]1[C@H](O[C@H]2[C@H](O[C@@H]3[C@@H](O)[C@H](C)O[C@@H](O[C@H]4[C@H](O[C@@H]5[C@H](O)[C@@H](O)[C@H](C)O[C@H]5O)O[C@@H](C)[C@H](O)[C@H]4O)[C@@H]3O)O[C@@H](C)[C@H](O)[C@H]2O)O[C@H](CO)[C@@H](O)[C@@H]1O. The van der Waals surface area contributed by atoms with Crippen LogP contribution in [0.1, 0.15) is 34.6 Å². The second-order valence-corrected chi connectivity index (χ2v) is 14.6. The molecule has 23 nitrogen and oxygen atoms in total. The molecule has 5 rings (SSSR count). The predicted molar refractivity (Wildman–Crippen MR) is 172 cm³/mol. The van der Waals surface area contributed by atoms with Crippen molar-refractivity contribution in [2.24, 2.45) is 0 Å².